The first-order valence-corrected chi connectivity index (χ1v) is 4.91. The Hall–Kier alpha value is -0.320. The average molecular weight is 206 g/mol. The topological polar surface area (TPSA) is 44.4 Å². The first-order valence-electron chi connectivity index (χ1n) is 4.37. The lowest BCUT2D eigenvalue weighted by molar-refractivity contribution is -0.131. The molecule has 1 saturated heterocycles. The maximum Gasteiger partial charge on any atom is 0.243 e. The molecule has 13 heavy (non-hydrogen) atoms. The minimum absolute atomic E-state index is 0.156. The molecule has 1 atom stereocenters. The summed E-state index contributed by atoms with van der Waals surface area (Å²) in [4.78, 5) is 13.3. The normalized spacial score (nSPS) is 28.5. The lowest BCUT2D eigenvalue weighted by atomic mass is 9.98. The van der Waals surface area contributed by atoms with Gasteiger partial charge in [-0.05, 0) is 19.9 Å². The van der Waals surface area contributed by atoms with Crippen molar-refractivity contribution in [2.24, 2.45) is 0 Å². The molecule has 0 aromatic rings. The van der Waals surface area contributed by atoms with Gasteiger partial charge in [0.2, 0.25) is 5.91 Å². The van der Waals surface area contributed by atoms with Crippen molar-refractivity contribution in [2.45, 2.75) is 18.9 Å². The van der Waals surface area contributed by atoms with Crippen LogP contribution >= 0.6 is 11.6 Å². The number of nitrogens with one attached hydrogen (secondary N) is 2. The number of carbonyl (C=O) groups excluding carboxylic acids is 1. The van der Waals surface area contributed by atoms with Crippen LogP contribution in [0.5, 0.6) is 0 Å². The van der Waals surface area contributed by atoms with Gasteiger partial charge in [-0.2, -0.15) is 0 Å². The van der Waals surface area contributed by atoms with Crippen LogP contribution in [-0.4, -0.2) is 42.6 Å². The summed E-state index contributed by atoms with van der Waals surface area (Å²) >= 11 is 5.47. The standard InChI is InChI=1S/C8H16ClN3O/c1-8(3-4-10-5-9)7(13)12(2)6-11-8/h10-11H,3-6H2,1-2H3. The van der Waals surface area contributed by atoms with Crippen molar-refractivity contribution in [3.63, 3.8) is 0 Å². The molecule has 0 aromatic heterocycles. The highest BCUT2D eigenvalue weighted by atomic mass is 35.5. The van der Waals surface area contributed by atoms with Crippen LogP contribution in [0.3, 0.4) is 0 Å². The van der Waals surface area contributed by atoms with Crippen molar-refractivity contribution < 1.29 is 4.79 Å². The monoisotopic (exact) mass is 205 g/mol. The molecule has 0 spiro atoms. The van der Waals surface area contributed by atoms with E-state index in [1.54, 1.807) is 11.9 Å². The molecule has 5 heteroatoms. The molecule has 1 fully saturated rings. The Morgan fingerprint density at radius 1 is 1.77 bits per heavy atom. The van der Waals surface area contributed by atoms with Crippen molar-refractivity contribution in [3.8, 4) is 0 Å². The number of hydrogen-bond donors (Lipinski definition) is 2. The van der Waals surface area contributed by atoms with Gasteiger partial charge in [-0.1, -0.05) is 0 Å². The zero-order chi connectivity index (χ0) is 9.90. The highest BCUT2D eigenvalue weighted by molar-refractivity contribution is 6.17. The number of amides is 1. The largest absolute Gasteiger partial charge is 0.331 e. The molecule has 0 saturated carbocycles. The maximum absolute atomic E-state index is 11.6. The van der Waals surface area contributed by atoms with Gasteiger partial charge in [0.15, 0.2) is 0 Å². The first kappa shape index (κ1) is 10.8. The number of carbonyl (C=O) groups is 1. The molecule has 0 aromatic carbocycles. The second kappa shape index (κ2) is 4.26. The zero-order valence-corrected chi connectivity index (χ0v) is 8.82. The van der Waals surface area contributed by atoms with Crippen molar-refractivity contribution >= 4 is 17.5 Å². The summed E-state index contributed by atoms with van der Waals surface area (Å²) in [5.74, 6) is 0.156. The SMILES string of the molecule is CN1CNC(C)(CCNCCl)C1=O. The molecule has 0 aliphatic carbocycles. The summed E-state index contributed by atoms with van der Waals surface area (Å²) in [6, 6.07) is 0.431. The van der Waals surface area contributed by atoms with E-state index >= 15 is 0 Å². The maximum atomic E-state index is 11.6. The molecule has 1 unspecified atom stereocenters. The number of hydrogen-bond acceptors (Lipinski definition) is 3. The Kier molecular flexibility index (Phi) is 3.53. The fraction of sp³-hybridized carbons (Fsp3) is 0.875. The van der Waals surface area contributed by atoms with Crippen molar-refractivity contribution in [2.75, 3.05) is 26.3 Å². The van der Waals surface area contributed by atoms with Crippen molar-refractivity contribution in [3.05, 3.63) is 0 Å². The molecular weight excluding hydrogens is 190 g/mol. The van der Waals surface area contributed by atoms with Crippen LogP contribution in [0, 0.1) is 0 Å². The summed E-state index contributed by atoms with van der Waals surface area (Å²) in [5.41, 5.74) is -0.409. The predicted octanol–water partition coefficient (Wildman–Crippen LogP) is -0.0598. The minimum Gasteiger partial charge on any atom is -0.331 e. The van der Waals surface area contributed by atoms with Gasteiger partial charge in [-0.15, -0.1) is 11.6 Å². The third kappa shape index (κ3) is 2.33. The van der Waals surface area contributed by atoms with Gasteiger partial charge in [0.1, 0.15) is 0 Å². The molecule has 0 bridgehead atoms. The summed E-state index contributed by atoms with van der Waals surface area (Å²) < 4.78 is 0. The van der Waals surface area contributed by atoms with Gasteiger partial charge in [0.25, 0.3) is 0 Å². The van der Waals surface area contributed by atoms with Crippen LogP contribution in [0.15, 0.2) is 0 Å². The Labute approximate surface area is 83.6 Å². The Balaban J connectivity index is 2.42. The molecule has 1 aliphatic rings. The van der Waals surface area contributed by atoms with Gasteiger partial charge in [-0.3, -0.25) is 10.1 Å². The smallest absolute Gasteiger partial charge is 0.243 e. The third-order valence-electron chi connectivity index (χ3n) is 2.42. The van der Waals surface area contributed by atoms with Crippen LogP contribution in [0.1, 0.15) is 13.3 Å². The van der Waals surface area contributed by atoms with Gasteiger partial charge < -0.3 is 10.2 Å². The van der Waals surface area contributed by atoms with Crippen LogP contribution in [0.2, 0.25) is 0 Å². The van der Waals surface area contributed by atoms with Crippen LogP contribution in [-0.2, 0) is 4.79 Å². The summed E-state index contributed by atoms with van der Waals surface area (Å²) in [6.45, 7) is 3.32. The molecule has 1 rings (SSSR count). The van der Waals surface area contributed by atoms with Gasteiger partial charge in [0, 0.05) is 7.05 Å². The lowest BCUT2D eigenvalue weighted by Crippen LogP contribution is -2.45. The Morgan fingerprint density at radius 2 is 2.46 bits per heavy atom. The van der Waals surface area contributed by atoms with E-state index in [9.17, 15) is 4.79 Å². The van der Waals surface area contributed by atoms with Crippen molar-refractivity contribution in [1.29, 1.82) is 0 Å². The number of likely N-dealkylation sites (N-methyl/N-ethyl adjacent to an activating group) is 1. The van der Waals surface area contributed by atoms with Crippen LogP contribution in [0.25, 0.3) is 0 Å². The van der Waals surface area contributed by atoms with Gasteiger partial charge >= 0.3 is 0 Å². The van der Waals surface area contributed by atoms with Gasteiger partial charge in [0.05, 0.1) is 18.2 Å². The average Bonchev–Trinajstić information content (AvgIpc) is 2.35. The molecular formula is C8H16ClN3O. The Bertz CT molecular complexity index is 200. The summed E-state index contributed by atoms with van der Waals surface area (Å²) in [5, 5.41) is 6.18. The number of alkyl halides is 1. The quantitative estimate of drug-likeness (QED) is 0.384. The molecule has 4 nitrogen and oxygen atoms in total. The highest BCUT2D eigenvalue weighted by Gasteiger charge is 2.39. The van der Waals surface area contributed by atoms with E-state index in [1.807, 2.05) is 6.92 Å². The summed E-state index contributed by atoms with van der Waals surface area (Å²) in [7, 11) is 1.80. The first-order chi connectivity index (χ1) is 6.10. The van der Waals surface area contributed by atoms with E-state index in [0.717, 1.165) is 13.0 Å². The van der Waals surface area contributed by atoms with E-state index in [-0.39, 0.29) is 5.91 Å². The number of rotatable bonds is 4. The molecule has 1 aliphatic heterocycles. The van der Waals surface area contributed by atoms with Crippen LogP contribution in [0.4, 0.5) is 0 Å². The number of nitrogens with zero attached hydrogens (tertiary/aromatic N) is 1. The van der Waals surface area contributed by atoms with Crippen LogP contribution < -0.4 is 10.6 Å². The van der Waals surface area contributed by atoms with Gasteiger partial charge in [-0.25, -0.2) is 0 Å². The second-order valence-corrected chi connectivity index (χ2v) is 3.82. The van der Waals surface area contributed by atoms with E-state index in [0.29, 0.717) is 12.7 Å². The molecule has 2 N–H and O–H groups in total. The van der Waals surface area contributed by atoms with E-state index in [4.69, 9.17) is 11.6 Å². The fourth-order valence-electron chi connectivity index (χ4n) is 1.46. The predicted molar refractivity (Wildman–Crippen MR) is 52.5 cm³/mol. The van der Waals surface area contributed by atoms with E-state index in [2.05, 4.69) is 10.6 Å². The molecule has 0 radical (unpaired) electrons. The third-order valence-corrected chi connectivity index (χ3v) is 2.61. The molecule has 1 heterocycles. The van der Waals surface area contributed by atoms with E-state index < -0.39 is 5.54 Å². The second-order valence-electron chi connectivity index (χ2n) is 3.55. The van der Waals surface area contributed by atoms with Crippen molar-refractivity contribution in [1.82, 2.24) is 15.5 Å². The molecule has 1 amide bonds. The molecule has 76 valence electrons. The minimum atomic E-state index is -0.409. The highest BCUT2D eigenvalue weighted by Crippen LogP contribution is 2.17. The summed E-state index contributed by atoms with van der Waals surface area (Å²) in [6.07, 6.45) is 0.767. The zero-order valence-electron chi connectivity index (χ0n) is 8.06. The van der Waals surface area contributed by atoms with E-state index in [1.165, 1.54) is 0 Å². The number of halogens is 1. The Morgan fingerprint density at radius 3 is 2.92 bits per heavy atom. The lowest BCUT2D eigenvalue weighted by Gasteiger charge is -2.21. The fourth-order valence-corrected chi connectivity index (χ4v) is 1.60.